The van der Waals surface area contributed by atoms with Crippen molar-refractivity contribution in [2.45, 2.75) is 135 Å². The first-order valence-corrected chi connectivity index (χ1v) is 16.6. The van der Waals surface area contributed by atoms with Crippen LogP contribution >= 0.6 is 7.82 Å². The molecule has 3 atom stereocenters. The largest absolute Gasteiger partial charge is 0.472 e. The minimum atomic E-state index is -4.61. The molecule has 11 heteroatoms. The zero-order valence-electron chi connectivity index (χ0n) is 24.8. The highest BCUT2D eigenvalue weighted by atomic mass is 31.2. The lowest BCUT2D eigenvalue weighted by Crippen LogP contribution is -2.28. The van der Waals surface area contributed by atoms with E-state index < -0.39 is 58.4 Å². The monoisotopic (exact) mass is 594 g/mol. The van der Waals surface area contributed by atoms with Gasteiger partial charge in [0, 0.05) is 12.8 Å². The highest BCUT2D eigenvalue weighted by Gasteiger charge is 2.27. The summed E-state index contributed by atoms with van der Waals surface area (Å²) in [6.45, 7) is 2.02. The topological polar surface area (TPSA) is 149 Å². The summed E-state index contributed by atoms with van der Waals surface area (Å²) in [4.78, 5) is 33.8. The molecular formula is C29H55O10P. The minimum absolute atomic E-state index is 0.184. The molecule has 0 radical (unpaired) electrons. The Balaban J connectivity index is 4.08. The first-order valence-electron chi connectivity index (χ1n) is 15.1. The number of aliphatic hydroxyl groups is 2. The predicted octanol–water partition coefficient (Wildman–Crippen LogP) is 6.16. The summed E-state index contributed by atoms with van der Waals surface area (Å²) in [5.74, 6) is -1.04. The van der Waals surface area contributed by atoms with Crippen LogP contribution < -0.4 is 0 Å². The SMILES string of the molecule is CCCCC/C=C\CCCCCCCC(=O)OC(CO)COP(=O)(O)OCC(CO)OC(=O)CCCCCCC. The van der Waals surface area contributed by atoms with Crippen LogP contribution in [0, 0.1) is 0 Å². The van der Waals surface area contributed by atoms with Gasteiger partial charge >= 0.3 is 19.8 Å². The molecule has 0 heterocycles. The van der Waals surface area contributed by atoms with Crippen LogP contribution in [-0.4, -0.2) is 65.7 Å². The molecule has 236 valence electrons. The normalized spacial score (nSPS) is 14.6. The standard InChI is InChI=1S/C29H55O10P/c1-3-5-7-9-10-11-12-13-14-15-17-19-21-29(33)39-27(23-31)25-37-40(34,35)36-24-26(22-30)38-28(32)20-18-16-8-6-4-2/h10-11,26-27,30-31H,3-9,12-25H2,1-2H3,(H,34,35)/b11-10-. The smallest absolute Gasteiger partial charge is 0.457 e. The van der Waals surface area contributed by atoms with Gasteiger partial charge in [0.05, 0.1) is 26.4 Å². The van der Waals surface area contributed by atoms with Gasteiger partial charge in [0.1, 0.15) is 12.2 Å². The van der Waals surface area contributed by atoms with E-state index in [1.165, 1.54) is 19.3 Å². The number of esters is 2. The molecule has 0 aliphatic carbocycles. The van der Waals surface area contributed by atoms with Gasteiger partial charge in [-0.05, 0) is 38.5 Å². The Hall–Kier alpha value is -1.29. The summed E-state index contributed by atoms with van der Waals surface area (Å²) in [6, 6.07) is 0. The van der Waals surface area contributed by atoms with E-state index >= 15 is 0 Å². The number of carbonyl (C=O) groups is 2. The van der Waals surface area contributed by atoms with E-state index in [0.29, 0.717) is 12.8 Å². The van der Waals surface area contributed by atoms with E-state index in [2.05, 4.69) is 26.0 Å². The van der Waals surface area contributed by atoms with Crippen molar-refractivity contribution in [2.24, 2.45) is 0 Å². The highest BCUT2D eigenvalue weighted by Crippen LogP contribution is 2.43. The Morgan fingerprint density at radius 3 is 1.48 bits per heavy atom. The second-order valence-corrected chi connectivity index (χ2v) is 11.5. The zero-order chi connectivity index (χ0) is 29.9. The molecule has 0 aliphatic heterocycles. The molecule has 0 saturated carbocycles. The minimum Gasteiger partial charge on any atom is -0.457 e. The summed E-state index contributed by atoms with van der Waals surface area (Å²) >= 11 is 0. The van der Waals surface area contributed by atoms with Gasteiger partial charge in [0.15, 0.2) is 0 Å². The summed E-state index contributed by atoms with van der Waals surface area (Å²) < 4.78 is 32.0. The van der Waals surface area contributed by atoms with Crippen molar-refractivity contribution in [2.75, 3.05) is 26.4 Å². The lowest BCUT2D eigenvalue weighted by molar-refractivity contribution is -0.153. The molecule has 0 spiro atoms. The number of ether oxygens (including phenoxy) is 2. The van der Waals surface area contributed by atoms with E-state index in [1.54, 1.807) is 0 Å². The lowest BCUT2D eigenvalue weighted by atomic mass is 10.1. The van der Waals surface area contributed by atoms with Crippen molar-refractivity contribution in [3.63, 3.8) is 0 Å². The quantitative estimate of drug-likeness (QED) is 0.0416. The summed E-state index contributed by atoms with van der Waals surface area (Å²) in [7, 11) is -4.61. The number of allylic oxidation sites excluding steroid dienone is 2. The maximum absolute atomic E-state index is 12.2. The molecule has 0 amide bonds. The number of phosphoric ester groups is 1. The Morgan fingerprint density at radius 1 is 0.650 bits per heavy atom. The van der Waals surface area contributed by atoms with Crippen LogP contribution in [-0.2, 0) is 32.7 Å². The van der Waals surface area contributed by atoms with Gasteiger partial charge < -0.3 is 24.6 Å². The number of hydrogen-bond acceptors (Lipinski definition) is 9. The van der Waals surface area contributed by atoms with Gasteiger partial charge in [-0.1, -0.05) is 83.8 Å². The molecular weight excluding hydrogens is 539 g/mol. The van der Waals surface area contributed by atoms with Gasteiger partial charge in [-0.3, -0.25) is 18.6 Å². The third-order valence-electron chi connectivity index (χ3n) is 6.23. The van der Waals surface area contributed by atoms with Gasteiger partial charge in [-0.15, -0.1) is 0 Å². The molecule has 0 saturated heterocycles. The Kier molecular flexibility index (Phi) is 25.7. The molecule has 0 aromatic heterocycles. The molecule has 3 unspecified atom stereocenters. The average Bonchev–Trinajstić information content (AvgIpc) is 2.93. The Bertz CT molecular complexity index is 700. The first kappa shape index (κ1) is 38.7. The molecule has 0 bridgehead atoms. The van der Waals surface area contributed by atoms with Crippen molar-refractivity contribution in [3.05, 3.63) is 12.2 Å². The molecule has 0 aromatic rings. The second-order valence-electron chi connectivity index (χ2n) is 10.1. The molecule has 0 rings (SSSR count). The van der Waals surface area contributed by atoms with E-state index in [-0.39, 0.29) is 12.8 Å². The molecule has 10 nitrogen and oxygen atoms in total. The summed E-state index contributed by atoms with van der Waals surface area (Å²) in [5, 5.41) is 18.8. The Labute approximate surface area is 241 Å². The number of phosphoric acid groups is 1. The van der Waals surface area contributed by atoms with Crippen molar-refractivity contribution in [3.8, 4) is 0 Å². The molecule has 0 fully saturated rings. The predicted molar refractivity (Wildman–Crippen MR) is 155 cm³/mol. The van der Waals surface area contributed by atoms with Crippen LogP contribution in [0.3, 0.4) is 0 Å². The fourth-order valence-corrected chi connectivity index (χ4v) is 4.60. The third kappa shape index (κ3) is 24.5. The van der Waals surface area contributed by atoms with Gasteiger partial charge in [0.25, 0.3) is 0 Å². The second kappa shape index (κ2) is 26.6. The zero-order valence-corrected chi connectivity index (χ0v) is 25.7. The molecule has 40 heavy (non-hydrogen) atoms. The van der Waals surface area contributed by atoms with E-state index in [0.717, 1.165) is 64.2 Å². The van der Waals surface area contributed by atoms with Crippen LogP contribution in [0.25, 0.3) is 0 Å². The van der Waals surface area contributed by atoms with E-state index in [9.17, 15) is 29.3 Å². The van der Waals surface area contributed by atoms with Crippen LogP contribution in [0.5, 0.6) is 0 Å². The fourth-order valence-electron chi connectivity index (χ4n) is 3.81. The number of rotatable bonds is 28. The number of hydrogen-bond donors (Lipinski definition) is 3. The first-order chi connectivity index (χ1) is 19.3. The van der Waals surface area contributed by atoms with Crippen molar-refractivity contribution < 1.29 is 47.8 Å². The third-order valence-corrected chi connectivity index (χ3v) is 7.18. The molecule has 0 aliphatic rings. The lowest BCUT2D eigenvalue weighted by Gasteiger charge is -2.20. The molecule has 3 N–H and O–H groups in total. The summed E-state index contributed by atoms with van der Waals surface area (Å²) in [6.07, 6.45) is 18.2. The van der Waals surface area contributed by atoms with E-state index in [4.69, 9.17) is 18.5 Å². The van der Waals surface area contributed by atoms with E-state index in [1.807, 2.05) is 0 Å². The molecule has 0 aromatic carbocycles. The van der Waals surface area contributed by atoms with Gasteiger partial charge in [-0.2, -0.15) is 0 Å². The van der Waals surface area contributed by atoms with Crippen LogP contribution in [0.1, 0.15) is 123 Å². The number of carbonyl (C=O) groups excluding carboxylic acids is 2. The maximum atomic E-state index is 12.2. The van der Waals surface area contributed by atoms with Crippen LogP contribution in [0.2, 0.25) is 0 Å². The highest BCUT2D eigenvalue weighted by molar-refractivity contribution is 7.47. The van der Waals surface area contributed by atoms with Crippen molar-refractivity contribution in [1.29, 1.82) is 0 Å². The van der Waals surface area contributed by atoms with Crippen LogP contribution in [0.15, 0.2) is 12.2 Å². The van der Waals surface area contributed by atoms with Crippen molar-refractivity contribution in [1.82, 2.24) is 0 Å². The van der Waals surface area contributed by atoms with Crippen molar-refractivity contribution >= 4 is 19.8 Å². The Morgan fingerprint density at radius 2 is 1.02 bits per heavy atom. The fraction of sp³-hybridized carbons (Fsp3) is 0.862. The number of unbranched alkanes of at least 4 members (excludes halogenated alkanes) is 12. The van der Waals surface area contributed by atoms with Crippen LogP contribution in [0.4, 0.5) is 0 Å². The average molecular weight is 595 g/mol. The maximum Gasteiger partial charge on any atom is 0.472 e. The van der Waals surface area contributed by atoms with Gasteiger partial charge in [0.2, 0.25) is 0 Å². The number of aliphatic hydroxyl groups excluding tert-OH is 2. The van der Waals surface area contributed by atoms with Gasteiger partial charge in [-0.25, -0.2) is 4.57 Å². The summed E-state index contributed by atoms with van der Waals surface area (Å²) in [5.41, 5.74) is 0.